The maximum Gasteiger partial charge on any atom is 0.262 e. The summed E-state index contributed by atoms with van der Waals surface area (Å²) in [6.07, 6.45) is 2.98. The van der Waals surface area contributed by atoms with Crippen LogP contribution < -0.4 is 0 Å². The van der Waals surface area contributed by atoms with Crippen molar-refractivity contribution in [2.45, 2.75) is 44.2 Å². The molecule has 0 saturated carbocycles. The molecular weight excluding hydrogens is 388 g/mol. The van der Waals surface area contributed by atoms with Crippen LogP contribution in [0.25, 0.3) is 10.9 Å². The number of carbonyl (C=O) groups is 2. The Bertz CT molecular complexity index is 1280. The number of aromatic amines is 1. The van der Waals surface area contributed by atoms with Gasteiger partial charge in [-0.15, -0.1) is 0 Å². The van der Waals surface area contributed by atoms with Gasteiger partial charge in [0.25, 0.3) is 5.91 Å². The fourth-order valence-electron chi connectivity index (χ4n) is 6.27. The fraction of sp³-hybridized carbons (Fsp3) is 0.308. The molecule has 5 heteroatoms. The number of nitrogens with zero attached hydrogens (tertiary/aromatic N) is 1. The van der Waals surface area contributed by atoms with Gasteiger partial charge in [0.15, 0.2) is 5.78 Å². The van der Waals surface area contributed by atoms with E-state index in [9.17, 15) is 14.7 Å². The fourth-order valence-corrected chi connectivity index (χ4v) is 6.27. The van der Waals surface area contributed by atoms with Gasteiger partial charge in [0, 0.05) is 35.0 Å². The number of ketones is 1. The second-order valence-corrected chi connectivity index (χ2v) is 9.54. The van der Waals surface area contributed by atoms with Crippen molar-refractivity contribution in [2.75, 3.05) is 0 Å². The van der Waals surface area contributed by atoms with Crippen LogP contribution in [0.3, 0.4) is 0 Å². The number of aliphatic hydroxyl groups is 1. The van der Waals surface area contributed by atoms with E-state index in [1.807, 2.05) is 36.5 Å². The molecule has 0 spiro atoms. The molecule has 1 saturated heterocycles. The van der Waals surface area contributed by atoms with E-state index in [2.05, 4.69) is 37.0 Å². The third kappa shape index (κ3) is 2.32. The molecule has 0 radical (unpaired) electrons. The SMILES string of the molecule is CC1(C)[C@@H]2Cc3cccc4[nH]cc(c34)[C@@H]2[C@H]2C(O)=C(C(=O)Cc3ccccc3)C(=O)N21. The average Bonchev–Trinajstić information content (AvgIpc) is 3.36. The van der Waals surface area contributed by atoms with Crippen molar-refractivity contribution in [1.29, 1.82) is 0 Å². The molecule has 1 aromatic heterocycles. The molecule has 5 nitrogen and oxygen atoms in total. The van der Waals surface area contributed by atoms with Crippen molar-refractivity contribution >= 4 is 22.6 Å². The van der Waals surface area contributed by atoms with Gasteiger partial charge in [-0.1, -0.05) is 42.5 Å². The Morgan fingerprint density at radius 1 is 1.16 bits per heavy atom. The highest BCUT2D eigenvalue weighted by Gasteiger charge is 2.63. The summed E-state index contributed by atoms with van der Waals surface area (Å²) < 4.78 is 0. The van der Waals surface area contributed by atoms with Gasteiger partial charge in [-0.25, -0.2) is 0 Å². The maximum absolute atomic E-state index is 13.5. The summed E-state index contributed by atoms with van der Waals surface area (Å²) in [6, 6.07) is 15.1. The third-order valence-corrected chi connectivity index (χ3v) is 7.66. The minimum atomic E-state index is -0.491. The Kier molecular flexibility index (Phi) is 3.62. The molecule has 6 rings (SSSR count). The maximum atomic E-state index is 13.5. The molecule has 2 N–H and O–H groups in total. The monoisotopic (exact) mass is 412 g/mol. The largest absolute Gasteiger partial charge is 0.509 e. The predicted octanol–water partition coefficient (Wildman–Crippen LogP) is 4.05. The molecule has 3 heterocycles. The number of carbonyl (C=O) groups excluding carboxylic acids is 2. The van der Waals surface area contributed by atoms with Crippen molar-refractivity contribution in [3.05, 3.63) is 82.8 Å². The Morgan fingerprint density at radius 3 is 2.71 bits per heavy atom. The number of hydrogen-bond donors (Lipinski definition) is 2. The zero-order chi connectivity index (χ0) is 21.5. The summed E-state index contributed by atoms with van der Waals surface area (Å²) in [5.41, 5.74) is 3.82. The van der Waals surface area contributed by atoms with Crippen LogP contribution in [-0.2, 0) is 22.4 Å². The summed E-state index contributed by atoms with van der Waals surface area (Å²) >= 11 is 0. The van der Waals surface area contributed by atoms with E-state index in [-0.39, 0.29) is 41.3 Å². The number of fused-ring (bicyclic) bond motifs is 4. The van der Waals surface area contributed by atoms with Crippen LogP contribution in [-0.4, -0.2) is 38.3 Å². The third-order valence-electron chi connectivity index (χ3n) is 7.66. The number of nitrogens with one attached hydrogen (secondary N) is 1. The van der Waals surface area contributed by atoms with Crippen LogP contribution in [0.1, 0.15) is 36.5 Å². The first kappa shape index (κ1) is 18.4. The number of Topliss-reactive ketones (excluding diaryl/α,β-unsaturated/α-hetero) is 1. The number of rotatable bonds is 3. The van der Waals surface area contributed by atoms with Crippen molar-refractivity contribution in [1.82, 2.24) is 9.88 Å². The standard InChI is InChI=1S/C26H24N2O3/c1-26(2)17-12-15-9-6-10-18-20(15)16(13-27-18)21(17)23-24(30)22(25(31)28(23)26)19(29)11-14-7-4-3-5-8-14/h3-10,13,17,21,23,27,30H,11-12H2,1-2H3/t17-,21+,23+/m1/s1. The zero-order valence-electron chi connectivity index (χ0n) is 17.6. The Morgan fingerprint density at radius 2 is 1.94 bits per heavy atom. The highest BCUT2D eigenvalue weighted by Crippen LogP contribution is 2.58. The van der Waals surface area contributed by atoms with Gasteiger partial charge in [-0.05, 0) is 48.9 Å². The van der Waals surface area contributed by atoms with Gasteiger partial charge in [0.05, 0.1) is 6.04 Å². The van der Waals surface area contributed by atoms with Gasteiger partial charge in [0.1, 0.15) is 11.3 Å². The first-order valence-corrected chi connectivity index (χ1v) is 10.8. The van der Waals surface area contributed by atoms with E-state index in [0.717, 1.165) is 23.1 Å². The lowest BCUT2D eigenvalue weighted by Crippen LogP contribution is -2.47. The average molecular weight is 412 g/mol. The summed E-state index contributed by atoms with van der Waals surface area (Å²) in [6.45, 7) is 4.14. The minimum Gasteiger partial charge on any atom is -0.509 e. The van der Waals surface area contributed by atoms with Crippen LogP contribution in [0.2, 0.25) is 0 Å². The van der Waals surface area contributed by atoms with Gasteiger partial charge >= 0.3 is 0 Å². The molecule has 0 bridgehead atoms. The lowest BCUT2D eigenvalue weighted by Gasteiger charge is -2.37. The van der Waals surface area contributed by atoms with Crippen molar-refractivity contribution < 1.29 is 14.7 Å². The predicted molar refractivity (Wildman–Crippen MR) is 118 cm³/mol. The minimum absolute atomic E-state index is 0.0361. The molecule has 1 fully saturated rings. The summed E-state index contributed by atoms with van der Waals surface area (Å²) in [5, 5.41) is 12.5. The van der Waals surface area contributed by atoms with Gasteiger partial charge < -0.3 is 15.0 Å². The quantitative estimate of drug-likeness (QED) is 0.638. The molecule has 1 amide bonds. The van der Waals surface area contributed by atoms with Crippen LogP contribution in [0.4, 0.5) is 0 Å². The van der Waals surface area contributed by atoms with Gasteiger partial charge in [0.2, 0.25) is 0 Å². The topological polar surface area (TPSA) is 73.4 Å². The second kappa shape index (κ2) is 6.10. The molecule has 3 aromatic rings. The first-order valence-electron chi connectivity index (χ1n) is 10.8. The van der Waals surface area contributed by atoms with Crippen molar-refractivity contribution in [2.24, 2.45) is 5.92 Å². The highest BCUT2D eigenvalue weighted by molar-refractivity contribution is 6.22. The molecule has 1 aliphatic carbocycles. The van der Waals surface area contributed by atoms with Crippen molar-refractivity contribution in [3.8, 4) is 0 Å². The molecule has 0 unspecified atom stereocenters. The molecule has 2 aliphatic heterocycles. The second-order valence-electron chi connectivity index (χ2n) is 9.54. The number of aliphatic hydroxyl groups excluding tert-OH is 1. The molecule has 2 aromatic carbocycles. The zero-order valence-corrected chi connectivity index (χ0v) is 17.6. The van der Waals surface area contributed by atoms with E-state index in [1.54, 1.807) is 4.90 Å². The lowest BCUT2D eigenvalue weighted by molar-refractivity contribution is -0.132. The smallest absolute Gasteiger partial charge is 0.262 e. The van der Waals surface area contributed by atoms with Crippen LogP contribution in [0.5, 0.6) is 0 Å². The molecule has 3 atom stereocenters. The Hall–Kier alpha value is -3.34. The van der Waals surface area contributed by atoms with Crippen LogP contribution in [0, 0.1) is 5.92 Å². The molecule has 3 aliphatic rings. The lowest BCUT2D eigenvalue weighted by atomic mass is 9.69. The van der Waals surface area contributed by atoms with E-state index in [0.29, 0.717) is 0 Å². The van der Waals surface area contributed by atoms with E-state index in [1.165, 1.54) is 10.9 Å². The molecular formula is C26H24N2O3. The summed E-state index contributed by atoms with van der Waals surface area (Å²) in [4.78, 5) is 31.8. The number of amides is 1. The number of hydrogen-bond acceptors (Lipinski definition) is 3. The van der Waals surface area contributed by atoms with Crippen LogP contribution in [0.15, 0.2) is 66.1 Å². The van der Waals surface area contributed by atoms with E-state index < -0.39 is 11.6 Å². The molecule has 31 heavy (non-hydrogen) atoms. The van der Waals surface area contributed by atoms with Gasteiger partial charge in [-0.2, -0.15) is 0 Å². The first-order chi connectivity index (χ1) is 14.9. The number of benzene rings is 2. The highest BCUT2D eigenvalue weighted by atomic mass is 16.3. The summed E-state index contributed by atoms with van der Waals surface area (Å²) in [7, 11) is 0. The Balaban J connectivity index is 1.47. The van der Waals surface area contributed by atoms with Crippen LogP contribution >= 0.6 is 0 Å². The summed E-state index contributed by atoms with van der Waals surface area (Å²) in [5.74, 6) is -0.572. The normalized spacial score (nSPS) is 25.8. The number of aromatic nitrogens is 1. The molecule has 156 valence electrons. The van der Waals surface area contributed by atoms with E-state index >= 15 is 0 Å². The van der Waals surface area contributed by atoms with E-state index in [4.69, 9.17) is 0 Å². The Labute approximate surface area is 180 Å². The number of H-pyrrole nitrogens is 1. The van der Waals surface area contributed by atoms with Crippen molar-refractivity contribution in [3.63, 3.8) is 0 Å². The van der Waals surface area contributed by atoms with Gasteiger partial charge in [-0.3, -0.25) is 9.59 Å².